The van der Waals surface area contributed by atoms with Gasteiger partial charge in [-0.1, -0.05) is 13.8 Å². The van der Waals surface area contributed by atoms with Gasteiger partial charge in [-0.25, -0.2) is 8.42 Å². The molecule has 0 saturated heterocycles. The van der Waals surface area contributed by atoms with E-state index in [0.717, 1.165) is 18.7 Å². The van der Waals surface area contributed by atoms with Gasteiger partial charge in [0.2, 0.25) is 0 Å². The molecule has 4 nitrogen and oxygen atoms in total. The van der Waals surface area contributed by atoms with Crippen molar-refractivity contribution in [2.24, 2.45) is 11.7 Å². The van der Waals surface area contributed by atoms with Crippen molar-refractivity contribution in [3.63, 3.8) is 0 Å². The second kappa shape index (κ2) is 7.50. The summed E-state index contributed by atoms with van der Waals surface area (Å²) in [6.45, 7) is 5.54. The first-order valence-electron chi connectivity index (χ1n) is 6.76. The third-order valence-electron chi connectivity index (χ3n) is 3.00. The number of sulfone groups is 1. The van der Waals surface area contributed by atoms with Crippen molar-refractivity contribution >= 4 is 15.5 Å². The highest BCUT2D eigenvalue weighted by Crippen LogP contribution is 2.16. The summed E-state index contributed by atoms with van der Waals surface area (Å²) in [5, 5.41) is 3.29. The second-order valence-electron chi connectivity index (χ2n) is 4.91. The summed E-state index contributed by atoms with van der Waals surface area (Å²) < 4.78 is 23.7. The van der Waals surface area contributed by atoms with Gasteiger partial charge in [-0.15, -0.1) is 0 Å². The number of hydrogen-bond acceptors (Lipinski definition) is 4. The minimum absolute atomic E-state index is 0.202. The van der Waals surface area contributed by atoms with Crippen molar-refractivity contribution in [2.45, 2.75) is 31.6 Å². The zero-order valence-corrected chi connectivity index (χ0v) is 12.5. The molecular formula is C14H24N2O2S. The molecule has 0 fully saturated rings. The van der Waals surface area contributed by atoms with Gasteiger partial charge in [0.05, 0.1) is 10.6 Å². The molecule has 1 aromatic rings. The summed E-state index contributed by atoms with van der Waals surface area (Å²) in [4.78, 5) is 0.398. The van der Waals surface area contributed by atoms with Crippen LogP contribution in [0, 0.1) is 5.92 Å². The van der Waals surface area contributed by atoms with E-state index in [0.29, 0.717) is 23.8 Å². The Morgan fingerprint density at radius 3 is 2.42 bits per heavy atom. The van der Waals surface area contributed by atoms with E-state index in [1.54, 1.807) is 12.1 Å². The molecule has 0 aliphatic heterocycles. The Balaban J connectivity index is 2.62. The molecule has 0 aromatic heterocycles. The highest BCUT2D eigenvalue weighted by atomic mass is 32.2. The molecule has 3 N–H and O–H groups in total. The fourth-order valence-electron chi connectivity index (χ4n) is 1.85. The third-order valence-corrected chi connectivity index (χ3v) is 4.94. The Labute approximate surface area is 116 Å². The molecule has 19 heavy (non-hydrogen) atoms. The van der Waals surface area contributed by atoms with Crippen molar-refractivity contribution in [3.8, 4) is 0 Å². The minimum Gasteiger partial charge on any atom is -0.385 e. The van der Waals surface area contributed by atoms with Crippen LogP contribution in [0.2, 0.25) is 0 Å². The van der Waals surface area contributed by atoms with Gasteiger partial charge in [-0.05, 0) is 49.6 Å². The van der Waals surface area contributed by atoms with E-state index < -0.39 is 9.84 Å². The van der Waals surface area contributed by atoms with E-state index >= 15 is 0 Å². The van der Waals surface area contributed by atoms with Gasteiger partial charge >= 0.3 is 0 Å². The van der Waals surface area contributed by atoms with E-state index in [9.17, 15) is 8.42 Å². The van der Waals surface area contributed by atoms with Crippen LogP contribution < -0.4 is 11.1 Å². The maximum atomic E-state index is 11.9. The first-order valence-corrected chi connectivity index (χ1v) is 8.41. The number of rotatable bonds is 8. The van der Waals surface area contributed by atoms with E-state index in [-0.39, 0.29) is 5.75 Å². The van der Waals surface area contributed by atoms with Crippen molar-refractivity contribution in [1.29, 1.82) is 0 Å². The average molecular weight is 284 g/mol. The quantitative estimate of drug-likeness (QED) is 0.768. The monoisotopic (exact) mass is 284 g/mol. The Hall–Kier alpha value is -1.07. The minimum atomic E-state index is -3.11. The fraction of sp³-hybridized carbons (Fsp3) is 0.571. The molecule has 0 bridgehead atoms. The van der Waals surface area contributed by atoms with Crippen molar-refractivity contribution < 1.29 is 8.42 Å². The topological polar surface area (TPSA) is 72.2 Å². The van der Waals surface area contributed by atoms with E-state index in [4.69, 9.17) is 5.73 Å². The standard InChI is InChI=1S/C14H24N2O2S/c1-3-10-19(17,18)14-6-4-13(5-7-14)16-11-12(2)8-9-15/h4-7,12,16H,3,8-11,15H2,1-2H3. The smallest absolute Gasteiger partial charge is 0.178 e. The second-order valence-corrected chi connectivity index (χ2v) is 7.02. The maximum Gasteiger partial charge on any atom is 0.178 e. The van der Waals surface area contributed by atoms with Gasteiger partial charge in [0.1, 0.15) is 0 Å². The predicted octanol–water partition coefficient (Wildman–Crippen LogP) is 2.27. The van der Waals surface area contributed by atoms with Gasteiger partial charge in [-0.2, -0.15) is 0 Å². The number of anilines is 1. The van der Waals surface area contributed by atoms with E-state index in [1.807, 2.05) is 19.1 Å². The Bertz CT molecular complexity index is 469. The summed E-state index contributed by atoms with van der Waals surface area (Å²) in [6, 6.07) is 6.97. The lowest BCUT2D eigenvalue weighted by Gasteiger charge is -2.12. The molecule has 0 radical (unpaired) electrons. The van der Waals surface area contributed by atoms with E-state index in [2.05, 4.69) is 12.2 Å². The summed E-state index contributed by atoms with van der Waals surface area (Å²) in [5.74, 6) is 0.710. The Morgan fingerprint density at radius 1 is 1.26 bits per heavy atom. The Morgan fingerprint density at radius 2 is 1.89 bits per heavy atom. The molecule has 0 aliphatic rings. The molecule has 0 spiro atoms. The van der Waals surface area contributed by atoms with Gasteiger partial charge < -0.3 is 11.1 Å². The molecule has 1 atom stereocenters. The molecule has 0 heterocycles. The van der Waals surface area contributed by atoms with Gasteiger partial charge in [0.25, 0.3) is 0 Å². The van der Waals surface area contributed by atoms with Crippen molar-refractivity contribution in [3.05, 3.63) is 24.3 Å². The van der Waals surface area contributed by atoms with Crippen LogP contribution in [0.5, 0.6) is 0 Å². The van der Waals surface area contributed by atoms with Crippen LogP contribution in [0.25, 0.3) is 0 Å². The molecular weight excluding hydrogens is 260 g/mol. The van der Waals surface area contributed by atoms with Gasteiger partial charge in [-0.3, -0.25) is 0 Å². The van der Waals surface area contributed by atoms with Crippen LogP contribution in [0.3, 0.4) is 0 Å². The Kier molecular flexibility index (Phi) is 6.31. The molecule has 1 unspecified atom stereocenters. The summed E-state index contributed by atoms with van der Waals surface area (Å²) in [6.07, 6.45) is 1.62. The lowest BCUT2D eigenvalue weighted by atomic mass is 10.1. The van der Waals surface area contributed by atoms with Crippen LogP contribution in [0.15, 0.2) is 29.2 Å². The lowest BCUT2D eigenvalue weighted by Crippen LogP contribution is -2.15. The molecule has 0 aliphatic carbocycles. The molecule has 0 amide bonds. The number of benzene rings is 1. The average Bonchev–Trinajstić information content (AvgIpc) is 2.37. The van der Waals surface area contributed by atoms with Crippen LogP contribution in [0.4, 0.5) is 5.69 Å². The molecule has 1 rings (SSSR count). The van der Waals surface area contributed by atoms with Crippen molar-refractivity contribution in [2.75, 3.05) is 24.2 Å². The third kappa shape index (κ3) is 5.20. The largest absolute Gasteiger partial charge is 0.385 e. The van der Waals surface area contributed by atoms with Crippen LogP contribution in [-0.2, 0) is 9.84 Å². The number of nitrogens with two attached hydrogens (primary N) is 1. The van der Waals surface area contributed by atoms with Gasteiger partial charge in [0, 0.05) is 12.2 Å². The van der Waals surface area contributed by atoms with Crippen LogP contribution in [-0.4, -0.2) is 27.3 Å². The van der Waals surface area contributed by atoms with Crippen LogP contribution in [0.1, 0.15) is 26.7 Å². The maximum absolute atomic E-state index is 11.9. The fourth-order valence-corrected chi connectivity index (χ4v) is 3.17. The SMILES string of the molecule is CCCS(=O)(=O)c1ccc(NCC(C)CCN)cc1. The first-order chi connectivity index (χ1) is 8.99. The highest BCUT2D eigenvalue weighted by Gasteiger charge is 2.12. The summed E-state index contributed by atoms with van der Waals surface area (Å²) >= 11 is 0. The zero-order chi connectivity index (χ0) is 14.3. The van der Waals surface area contributed by atoms with Crippen molar-refractivity contribution in [1.82, 2.24) is 0 Å². The van der Waals surface area contributed by atoms with Crippen LogP contribution >= 0.6 is 0 Å². The zero-order valence-electron chi connectivity index (χ0n) is 11.7. The molecule has 1 aromatic carbocycles. The molecule has 108 valence electrons. The molecule has 5 heteroatoms. The van der Waals surface area contributed by atoms with Gasteiger partial charge in [0.15, 0.2) is 9.84 Å². The van der Waals surface area contributed by atoms with E-state index in [1.165, 1.54) is 0 Å². The predicted molar refractivity (Wildman–Crippen MR) is 80.1 cm³/mol. The highest BCUT2D eigenvalue weighted by molar-refractivity contribution is 7.91. The summed E-state index contributed by atoms with van der Waals surface area (Å²) in [7, 11) is -3.11. The first kappa shape index (κ1) is 16.0. The number of nitrogens with one attached hydrogen (secondary N) is 1. The summed E-state index contributed by atoms with van der Waals surface area (Å²) in [5.41, 5.74) is 6.44. The normalized spacial score (nSPS) is 13.2. The molecule has 0 saturated carbocycles. The number of hydrogen-bond donors (Lipinski definition) is 2. The lowest BCUT2D eigenvalue weighted by molar-refractivity contribution is 0.568.